The highest BCUT2D eigenvalue weighted by Crippen LogP contribution is 2.17. The fourth-order valence-electron chi connectivity index (χ4n) is 3.50. The summed E-state index contributed by atoms with van der Waals surface area (Å²) in [6.07, 6.45) is 4.03. The van der Waals surface area contributed by atoms with E-state index < -0.39 is 5.97 Å². The summed E-state index contributed by atoms with van der Waals surface area (Å²) in [6, 6.07) is 6.31. The first-order chi connectivity index (χ1) is 15.9. The fraction of sp³-hybridized carbons (Fsp3) is 0.261. The highest BCUT2D eigenvalue weighted by molar-refractivity contribution is 5.87. The first-order valence-electron chi connectivity index (χ1n) is 10.5. The number of hydrogen-bond donors (Lipinski definition) is 2. The highest BCUT2D eigenvalue weighted by Gasteiger charge is 2.17. The van der Waals surface area contributed by atoms with Crippen LogP contribution in [0.3, 0.4) is 0 Å². The van der Waals surface area contributed by atoms with Gasteiger partial charge >= 0.3 is 11.7 Å². The van der Waals surface area contributed by atoms with Gasteiger partial charge in [0.25, 0.3) is 5.56 Å². The Labute approximate surface area is 188 Å². The van der Waals surface area contributed by atoms with E-state index in [0.717, 1.165) is 0 Å². The summed E-state index contributed by atoms with van der Waals surface area (Å²) in [5.41, 5.74) is 1.44. The van der Waals surface area contributed by atoms with E-state index in [2.05, 4.69) is 26.9 Å². The standard InChI is InChI=1S/C23H22N6O4/c1-3-11-29-21(30)18-20(28(4-2)23(29)33)26-19(25-18)17-13-24-27(14-17)12-5-6-15-7-9-16(10-8-15)22(31)32/h7-10,13-14H,3-4,11-12H2,1-2H3,(H,25,26)(H,31,32). The van der Waals surface area contributed by atoms with Crippen molar-refractivity contribution in [1.82, 2.24) is 28.9 Å². The number of carbonyl (C=O) groups is 1. The molecular weight excluding hydrogens is 424 g/mol. The van der Waals surface area contributed by atoms with E-state index in [1.165, 1.54) is 21.3 Å². The predicted molar refractivity (Wildman–Crippen MR) is 122 cm³/mol. The number of aromatic nitrogens is 6. The van der Waals surface area contributed by atoms with Gasteiger partial charge in [-0.15, -0.1) is 0 Å². The number of carboxylic acids is 1. The van der Waals surface area contributed by atoms with Crippen LogP contribution in [0.2, 0.25) is 0 Å². The summed E-state index contributed by atoms with van der Waals surface area (Å²) in [5, 5.41) is 13.2. The number of H-pyrrole nitrogens is 1. The maximum Gasteiger partial charge on any atom is 0.335 e. The Morgan fingerprint density at radius 3 is 2.58 bits per heavy atom. The summed E-state index contributed by atoms with van der Waals surface area (Å²) >= 11 is 0. The number of nitrogens with zero attached hydrogens (tertiary/aromatic N) is 5. The number of fused-ring (bicyclic) bond motifs is 1. The van der Waals surface area contributed by atoms with E-state index >= 15 is 0 Å². The van der Waals surface area contributed by atoms with Crippen LogP contribution in [0.25, 0.3) is 22.6 Å². The van der Waals surface area contributed by atoms with Gasteiger partial charge in [0.2, 0.25) is 0 Å². The molecule has 0 unspecified atom stereocenters. The monoisotopic (exact) mass is 446 g/mol. The second-order valence-electron chi connectivity index (χ2n) is 7.38. The molecule has 0 fully saturated rings. The molecule has 0 radical (unpaired) electrons. The average molecular weight is 446 g/mol. The quantitative estimate of drug-likeness (QED) is 0.436. The van der Waals surface area contributed by atoms with Crippen LogP contribution in [0, 0.1) is 11.8 Å². The zero-order valence-corrected chi connectivity index (χ0v) is 18.2. The van der Waals surface area contributed by atoms with E-state index in [9.17, 15) is 14.4 Å². The topological polar surface area (TPSA) is 128 Å². The molecule has 3 heterocycles. The van der Waals surface area contributed by atoms with E-state index in [-0.39, 0.29) is 22.3 Å². The summed E-state index contributed by atoms with van der Waals surface area (Å²) in [5.74, 6) is 5.42. The lowest BCUT2D eigenvalue weighted by Crippen LogP contribution is -2.39. The van der Waals surface area contributed by atoms with Gasteiger partial charge in [-0.2, -0.15) is 5.10 Å². The summed E-state index contributed by atoms with van der Waals surface area (Å²) < 4.78 is 4.34. The molecule has 10 heteroatoms. The normalized spacial score (nSPS) is 10.8. The molecule has 0 aliphatic heterocycles. The molecule has 0 aliphatic carbocycles. The van der Waals surface area contributed by atoms with Crippen molar-refractivity contribution in [2.24, 2.45) is 0 Å². The third kappa shape index (κ3) is 4.21. The fourth-order valence-corrected chi connectivity index (χ4v) is 3.50. The minimum atomic E-state index is -0.982. The molecular formula is C23H22N6O4. The maximum atomic E-state index is 12.8. The second kappa shape index (κ2) is 9.00. The third-order valence-corrected chi connectivity index (χ3v) is 5.14. The van der Waals surface area contributed by atoms with Crippen molar-refractivity contribution >= 4 is 17.1 Å². The Hall–Kier alpha value is -4.39. The number of aromatic carboxylic acids is 1. The zero-order chi connectivity index (χ0) is 23.5. The van der Waals surface area contributed by atoms with E-state index in [4.69, 9.17) is 5.11 Å². The lowest BCUT2D eigenvalue weighted by atomic mass is 10.1. The summed E-state index contributed by atoms with van der Waals surface area (Å²) in [7, 11) is 0. The average Bonchev–Trinajstić information content (AvgIpc) is 3.45. The molecule has 0 aliphatic rings. The Bertz CT molecular complexity index is 1510. The largest absolute Gasteiger partial charge is 0.478 e. The minimum absolute atomic E-state index is 0.207. The predicted octanol–water partition coefficient (Wildman–Crippen LogP) is 1.93. The van der Waals surface area contributed by atoms with E-state index in [1.54, 1.807) is 29.2 Å². The van der Waals surface area contributed by atoms with Gasteiger partial charge in [0.05, 0.1) is 17.3 Å². The van der Waals surface area contributed by atoms with Gasteiger partial charge in [-0.3, -0.25) is 18.6 Å². The van der Waals surface area contributed by atoms with Crippen molar-refractivity contribution in [3.8, 4) is 23.2 Å². The molecule has 0 atom stereocenters. The maximum absolute atomic E-state index is 12.8. The Morgan fingerprint density at radius 1 is 1.15 bits per heavy atom. The number of nitrogens with one attached hydrogen (secondary N) is 1. The van der Waals surface area contributed by atoms with Crippen LogP contribution in [0.15, 0.2) is 46.2 Å². The Kier molecular flexibility index (Phi) is 5.95. The molecule has 10 nitrogen and oxygen atoms in total. The van der Waals surface area contributed by atoms with Gasteiger partial charge in [-0.1, -0.05) is 18.8 Å². The van der Waals surface area contributed by atoms with Crippen LogP contribution < -0.4 is 11.2 Å². The second-order valence-corrected chi connectivity index (χ2v) is 7.38. The van der Waals surface area contributed by atoms with Crippen molar-refractivity contribution in [2.45, 2.75) is 39.9 Å². The molecule has 4 rings (SSSR count). The number of carboxylic acid groups (broad SMARTS) is 1. The molecule has 0 saturated carbocycles. The molecule has 33 heavy (non-hydrogen) atoms. The van der Waals surface area contributed by atoms with Crippen LogP contribution in [0.1, 0.15) is 36.2 Å². The highest BCUT2D eigenvalue weighted by atomic mass is 16.4. The number of aryl methyl sites for hydroxylation is 1. The van der Waals surface area contributed by atoms with Gasteiger partial charge in [-0.05, 0) is 37.6 Å². The number of benzene rings is 1. The summed E-state index contributed by atoms with van der Waals surface area (Å²) in [6.45, 7) is 4.79. The SMILES string of the molecule is CCCn1c(=O)c2[nH]c(-c3cnn(CC#Cc4ccc(C(=O)O)cc4)c3)nc2n(CC)c1=O. The molecule has 0 spiro atoms. The van der Waals surface area contributed by atoms with Crippen LogP contribution in [0.4, 0.5) is 0 Å². The lowest BCUT2D eigenvalue weighted by Gasteiger charge is -2.07. The van der Waals surface area contributed by atoms with Gasteiger partial charge in [0, 0.05) is 24.8 Å². The molecule has 2 N–H and O–H groups in total. The van der Waals surface area contributed by atoms with Gasteiger partial charge in [-0.25, -0.2) is 14.6 Å². The van der Waals surface area contributed by atoms with E-state index in [1.807, 2.05) is 13.8 Å². The first-order valence-corrected chi connectivity index (χ1v) is 10.5. The molecule has 0 bridgehead atoms. The molecule has 168 valence electrons. The van der Waals surface area contributed by atoms with Gasteiger partial charge in [0.15, 0.2) is 5.65 Å². The van der Waals surface area contributed by atoms with Crippen LogP contribution >= 0.6 is 0 Å². The van der Waals surface area contributed by atoms with Crippen molar-refractivity contribution in [1.29, 1.82) is 0 Å². The molecule has 0 amide bonds. The molecule has 4 aromatic rings. The molecule has 1 aromatic carbocycles. The van der Waals surface area contributed by atoms with Crippen molar-refractivity contribution in [2.75, 3.05) is 0 Å². The Balaban J connectivity index is 1.60. The van der Waals surface area contributed by atoms with E-state index in [0.29, 0.717) is 48.7 Å². The number of hydrogen-bond acceptors (Lipinski definition) is 5. The van der Waals surface area contributed by atoms with Crippen molar-refractivity contribution < 1.29 is 9.90 Å². The van der Waals surface area contributed by atoms with Crippen LogP contribution in [0.5, 0.6) is 0 Å². The molecule has 0 saturated heterocycles. The van der Waals surface area contributed by atoms with Gasteiger partial charge in [0.1, 0.15) is 17.9 Å². The first kappa shape index (κ1) is 21.8. The van der Waals surface area contributed by atoms with Crippen LogP contribution in [-0.4, -0.2) is 40.0 Å². The van der Waals surface area contributed by atoms with Gasteiger partial charge < -0.3 is 10.1 Å². The van der Waals surface area contributed by atoms with Crippen LogP contribution in [-0.2, 0) is 19.6 Å². The zero-order valence-electron chi connectivity index (χ0n) is 18.2. The number of imidazole rings is 1. The van der Waals surface area contributed by atoms with Crippen molar-refractivity contribution in [3.05, 3.63) is 68.6 Å². The number of rotatable bonds is 6. The summed E-state index contributed by atoms with van der Waals surface area (Å²) in [4.78, 5) is 43.9. The smallest absolute Gasteiger partial charge is 0.335 e. The third-order valence-electron chi connectivity index (χ3n) is 5.14. The lowest BCUT2D eigenvalue weighted by molar-refractivity contribution is 0.0697. The Morgan fingerprint density at radius 2 is 1.91 bits per heavy atom. The molecule has 3 aromatic heterocycles. The van der Waals surface area contributed by atoms with Crippen molar-refractivity contribution in [3.63, 3.8) is 0 Å². The number of aromatic amines is 1. The minimum Gasteiger partial charge on any atom is -0.478 e.